The smallest absolute Gasteiger partial charge is 0.257 e. The predicted octanol–water partition coefficient (Wildman–Crippen LogP) is -1.92. The maximum absolute atomic E-state index is 9.31. The molecule has 0 aromatic rings. The van der Waals surface area contributed by atoms with Crippen LogP contribution in [0.4, 0.5) is 0 Å². The highest BCUT2D eigenvalue weighted by atomic mass is 16.6. The molecule has 11 heavy (non-hydrogen) atoms. The third kappa shape index (κ3) is 1.08. The number of aliphatic hydroxyl groups excluding tert-OH is 1. The standard InChI is InChI=1S/C6H11BO4/c7-11-4-2-10-5-3(8)1-9-6(4)5/h3-6,8H,1-2,7H2/t3-,4+,5+,6+/m0/s1. The molecule has 5 heteroatoms. The van der Waals surface area contributed by atoms with E-state index in [0.717, 1.165) is 0 Å². The van der Waals surface area contributed by atoms with Gasteiger partial charge in [-0.05, 0) is 0 Å². The topological polar surface area (TPSA) is 47.9 Å². The van der Waals surface area contributed by atoms with E-state index in [2.05, 4.69) is 0 Å². The second-order valence-corrected chi connectivity index (χ2v) is 2.94. The van der Waals surface area contributed by atoms with Crippen molar-refractivity contribution in [2.24, 2.45) is 0 Å². The zero-order chi connectivity index (χ0) is 7.84. The first-order valence-corrected chi connectivity index (χ1v) is 3.77. The van der Waals surface area contributed by atoms with Crippen LogP contribution in [0, 0.1) is 0 Å². The molecule has 0 amide bonds. The van der Waals surface area contributed by atoms with Crippen molar-refractivity contribution in [3.8, 4) is 0 Å². The molecule has 0 saturated carbocycles. The van der Waals surface area contributed by atoms with Gasteiger partial charge in [0, 0.05) is 0 Å². The van der Waals surface area contributed by atoms with Crippen molar-refractivity contribution in [1.29, 1.82) is 0 Å². The molecular weight excluding hydrogens is 147 g/mol. The maximum atomic E-state index is 9.31. The summed E-state index contributed by atoms with van der Waals surface area (Å²) in [6.45, 7) is 0.901. The van der Waals surface area contributed by atoms with Gasteiger partial charge < -0.3 is 19.2 Å². The van der Waals surface area contributed by atoms with Crippen molar-refractivity contribution < 1.29 is 19.2 Å². The van der Waals surface area contributed by atoms with E-state index < -0.39 is 6.10 Å². The number of aliphatic hydroxyl groups is 1. The predicted molar refractivity (Wildman–Crippen MR) is 38.9 cm³/mol. The lowest BCUT2D eigenvalue weighted by Gasteiger charge is -2.13. The molecule has 4 atom stereocenters. The Morgan fingerprint density at radius 1 is 1.27 bits per heavy atom. The Kier molecular flexibility index (Phi) is 1.89. The molecule has 2 fully saturated rings. The first kappa shape index (κ1) is 7.55. The highest BCUT2D eigenvalue weighted by Crippen LogP contribution is 2.27. The summed E-state index contributed by atoms with van der Waals surface area (Å²) in [5, 5.41) is 9.31. The van der Waals surface area contributed by atoms with Crippen molar-refractivity contribution in [2.45, 2.75) is 24.4 Å². The average molecular weight is 158 g/mol. The lowest BCUT2D eigenvalue weighted by atomic mass is 10.1. The second-order valence-electron chi connectivity index (χ2n) is 2.94. The summed E-state index contributed by atoms with van der Waals surface area (Å²) in [6.07, 6.45) is -0.702. The third-order valence-corrected chi connectivity index (χ3v) is 2.28. The maximum Gasteiger partial charge on any atom is 0.257 e. The van der Waals surface area contributed by atoms with Gasteiger partial charge in [-0.25, -0.2) is 0 Å². The van der Waals surface area contributed by atoms with E-state index in [1.165, 1.54) is 0 Å². The van der Waals surface area contributed by atoms with Gasteiger partial charge >= 0.3 is 0 Å². The van der Waals surface area contributed by atoms with E-state index in [1.807, 2.05) is 0 Å². The van der Waals surface area contributed by atoms with E-state index in [9.17, 15) is 5.11 Å². The van der Waals surface area contributed by atoms with Crippen molar-refractivity contribution in [2.75, 3.05) is 13.2 Å². The van der Waals surface area contributed by atoms with Crippen LogP contribution in [-0.2, 0) is 14.1 Å². The van der Waals surface area contributed by atoms with Crippen LogP contribution in [-0.4, -0.2) is 50.8 Å². The molecule has 2 aliphatic rings. The third-order valence-electron chi connectivity index (χ3n) is 2.28. The Labute approximate surface area is 65.9 Å². The van der Waals surface area contributed by atoms with Crippen LogP contribution >= 0.6 is 0 Å². The summed E-state index contributed by atoms with van der Waals surface area (Å²) >= 11 is 0. The van der Waals surface area contributed by atoms with Crippen LogP contribution in [0.2, 0.25) is 0 Å². The molecule has 0 spiro atoms. The highest BCUT2D eigenvalue weighted by molar-refractivity contribution is 5.98. The SMILES string of the molecule is BO[C@@H]1CO[C@H]2[C@@H]1OC[C@@H]2O. The Hall–Kier alpha value is -0.0951. The molecule has 0 unspecified atom stereocenters. The molecule has 0 aromatic carbocycles. The van der Waals surface area contributed by atoms with Gasteiger partial charge in [-0.15, -0.1) is 0 Å². The fraction of sp³-hybridized carbons (Fsp3) is 1.00. The monoisotopic (exact) mass is 158 g/mol. The second kappa shape index (κ2) is 2.75. The number of rotatable bonds is 1. The first-order valence-electron chi connectivity index (χ1n) is 3.77. The van der Waals surface area contributed by atoms with Crippen molar-refractivity contribution in [3.63, 3.8) is 0 Å². The van der Waals surface area contributed by atoms with Gasteiger partial charge in [0.05, 0.1) is 19.3 Å². The van der Waals surface area contributed by atoms with E-state index in [4.69, 9.17) is 14.1 Å². The summed E-state index contributed by atoms with van der Waals surface area (Å²) in [6, 6.07) is 0. The van der Waals surface area contributed by atoms with E-state index >= 15 is 0 Å². The van der Waals surface area contributed by atoms with E-state index in [-0.39, 0.29) is 18.3 Å². The first-order chi connectivity index (χ1) is 5.33. The molecule has 1 N–H and O–H groups in total. The minimum absolute atomic E-state index is 0.00264. The normalized spacial score (nSPS) is 49.5. The van der Waals surface area contributed by atoms with E-state index in [1.54, 1.807) is 8.05 Å². The Bertz CT molecular complexity index is 154. The minimum Gasteiger partial charge on any atom is -0.436 e. The summed E-state index contributed by atoms with van der Waals surface area (Å²) in [5.41, 5.74) is 0. The molecule has 0 aromatic heterocycles. The molecule has 2 saturated heterocycles. The minimum atomic E-state index is -0.472. The summed E-state index contributed by atoms with van der Waals surface area (Å²) in [5.74, 6) is 0. The van der Waals surface area contributed by atoms with Crippen molar-refractivity contribution in [3.05, 3.63) is 0 Å². The fourth-order valence-electron chi connectivity index (χ4n) is 1.65. The van der Waals surface area contributed by atoms with Gasteiger partial charge in [-0.1, -0.05) is 0 Å². The van der Waals surface area contributed by atoms with Crippen LogP contribution in [0.25, 0.3) is 0 Å². The quantitative estimate of drug-likeness (QED) is 0.452. The number of hydrogen-bond donors (Lipinski definition) is 1. The van der Waals surface area contributed by atoms with Gasteiger partial charge in [0.15, 0.2) is 0 Å². The molecule has 2 rings (SSSR count). The zero-order valence-corrected chi connectivity index (χ0v) is 6.40. The van der Waals surface area contributed by atoms with Crippen molar-refractivity contribution in [1.82, 2.24) is 0 Å². The summed E-state index contributed by atoms with van der Waals surface area (Å²) in [4.78, 5) is 0. The molecule has 4 nitrogen and oxygen atoms in total. The lowest BCUT2D eigenvalue weighted by molar-refractivity contribution is 0.0100. The number of ether oxygens (including phenoxy) is 2. The van der Waals surface area contributed by atoms with E-state index in [0.29, 0.717) is 13.2 Å². The molecule has 0 aliphatic carbocycles. The van der Waals surface area contributed by atoms with Crippen LogP contribution in [0.3, 0.4) is 0 Å². The van der Waals surface area contributed by atoms with Gasteiger partial charge in [-0.2, -0.15) is 0 Å². The van der Waals surface area contributed by atoms with Gasteiger partial charge in [0.2, 0.25) is 0 Å². The van der Waals surface area contributed by atoms with Crippen LogP contribution in [0.15, 0.2) is 0 Å². The van der Waals surface area contributed by atoms with Crippen LogP contribution in [0.5, 0.6) is 0 Å². The molecule has 0 radical (unpaired) electrons. The Morgan fingerprint density at radius 3 is 2.73 bits per heavy atom. The number of hydrogen-bond acceptors (Lipinski definition) is 4. The largest absolute Gasteiger partial charge is 0.436 e. The Morgan fingerprint density at radius 2 is 2.00 bits per heavy atom. The Balaban J connectivity index is 2.04. The van der Waals surface area contributed by atoms with Gasteiger partial charge in [0.25, 0.3) is 8.05 Å². The van der Waals surface area contributed by atoms with Crippen LogP contribution in [0.1, 0.15) is 0 Å². The molecule has 0 bridgehead atoms. The van der Waals surface area contributed by atoms with Gasteiger partial charge in [0.1, 0.15) is 18.3 Å². The summed E-state index contributed by atoms with van der Waals surface area (Å²) in [7, 11) is 1.63. The van der Waals surface area contributed by atoms with Gasteiger partial charge in [-0.3, -0.25) is 0 Å². The fourth-order valence-corrected chi connectivity index (χ4v) is 1.65. The molecule has 62 valence electrons. The molecular formula is C6H11BO4. The molecule has 2 heterocycles. The summed E-state index contributed by atoms with van der Waals surface area (Å²) < 4.78 is 15.7. The van der Waals surface area contributed by atoms with Crippen LogP contribution < -0.4 is 0 Å². The zero-order valence-electron chi connectivity index (χ0n) is 6.40. The number of fused-ring (bicyclic) bond motifs is 1. The average Bonchev–Trinajstić information content (AvgIpc) is 2.53. The lowest BCUT2D eigenvalue weighted by Crippen LogP contribution is -2.32. The molecule has 2 aliphatic heterocycles. The van der Waals surface area contributed by atoms with Crippen molar-refractivity contribution >= 4 is 8.05 Å². The highest BCUT2D eigenvalue weighted by Gasteiger charge is 2.46.